The molecule has 2 aromatic rings. The molecule has 0 aliphatic carbocycles. The number of nitro groups is 1. The maximum atomic E-state index is 13.9. The molecule has 2 aromatic carbocycles. The van der Waals surface area contributed by atoms with Crippen molar-refractivity contribution in [2.45, 2.75) is 0 Å². The highest BCUT2D eigenvalue weighted by Gasteiger charge is 2.21. The molecule has 0 fully saturated rings. The molecule has 0 saturated carbocycles. The van der Waals surface area contributed by atoms with Crippen LogP contribution in [0.15, 0.2) is 36.4 Å². The second kappa shape index (κ2) is 6.08. The van der Waals surface area contributed by atoms with E-state index in [0.29, 0.717) is 0 Å². The van der Waals surface area contributed by atoms with Crippen LogP contribution in [-0.2, 0) is 0 Å². The number of anilines is 1. The van der Waals surface area contributed by atoms with Crippen LogP contribution in [0.1, 0.15) is 20.7 Å². The largest absolute Gasteiger partial charge is 0.316 e. The van der Waals surface area contributed by atoms with Crippen molar-refractivity contribution in [3.63, 3.8) is 0 Å². The van der Waals surface area contributed by atoms with Crippen LogP contribution in [0.5, 0.6) is 0 Å². The lowest BCUT2D eigenvalue weighted by atomic mass is 10.1. The number of hydrogen-bond donors (Lipinski definition) is 1. The minimum atomic E-state index is -1.33. The van der Waals surface area contributed by atoms with Gasteiger partial charge in [0.25, 0.3) is 11.6 Å². The second-order valence-electron chi connectivity index (χ2n) is 4.17. The molecule has 0 atom stereocenters. The number of nitrogens with one attached hydrogen (secondary N) is 1. The van der Waals surface area contributed by atoms with Gasteiger partial charge in [-0.05, 0) is 18.2 Å². The van der Waals surface area contributed by atoms with E-state index in [2.05, 4.69) is 5.32 Å². The summed E-state index contributed by atoms with van der Waals surface area (Å²) >= 11 is 0. The molecule has 6 nitrogen and oxygen atoms in total. The van der Waals surface area contributed by atoms with Gasteiger partial charge in [0, 0.05) is 6.07 Å². The molecule has 0 aliphatic heterocycles. The summed E-state index contributed by atoms with van der Waals surface area (Å²) in [6.07, 6.45) is -0.0492. The Bertz CT molecular complexity index is 777. The first kappa shape index (κ1) is 15.2. The smallest absolute Gasteiger partial charge is 0.292 e. The third kappa shape index (κ3) is 2.80. The van der Waals surface area contributed by atoms with Crippen molar-refractivity contribution >= 4 is 23.6 Å². The fraction of sp³-hybridized carbons (Fsp3) is 0. The average Bonchev–Trinajstić information content (AvgIpc) is 2.48. The van der Waals surface area contributed by atoms with Gasteiger partial charge in [-0.25, -0.2) is 8.78 Å². The number of para-hydroxylation sites is 2. The Kier molecular flexibility index (Phi) is 4.21. The summed E-state index contributed by atoms with van der Waals surface area (Å²) in [5.41, 5.74) is -2.00. The molecular formula is C14H8F2N2O4. The van der Waals surface area contributed by atoms with Crippen molar-refractivity contribution < 1.29 is 23.3 Å². The SMILES string of the molecule is O=Cc1c(F)ccc(C(=O)Nc2ccccc2[N+](=O)[O-])c1F. The molecule has 22 heavy (non-hydrogen) atoms. The Morgan fingerprint density at radius 2 is 1.86 bits per heavy atom. The van der Waals surface area contributed by atoms with Crippen LogP contribution in [0.4, 0.5) is 20.2 Å². The number of carbonyl (C=O) groups excluding carboxylic acids is 2. The van der Waals surface area contributed by atoms with Gasteiger partial charge in [0.05, 0.1) is 16.1 Å². The summed E-state index contributed by atoms with van der Waals surface area (Å²) in [5.74, 6) is -3.46. The van der Waals surface area contributed by atoms with Crippen molar-refractivity contribution in [1.29, 1.82) is 0 Å². The number of hydrogen-bond acceptors (Lipinski definition) is 4. The van der Waals surface area contributed by atoms with Crippen molar-refractivity contribution in [3.05, 3.63) is 69.3 Å². The minimum absolute atomic E-state index is 0.0492. The quantitative estimate of drug-likeness (QED) is 0.534. The van der Waals surface area contributed by atoms with Gasteiger partial charge in [-0.1, -0.05) is 12.1 Å². The summed E-state index contributed by atoms with van der Waals surface area (Å²) in [6, 6.07) is 6.88. The van der Waals surface area contributed by atoms with Crippen molar-refractivity contribution in [2.75, 3.05) is 5.32 Å². The molecule has 0 aromatic heterocycles. The number of amides is 1. The molecule has 0 saturated heterocycles. The number of carbonyl (C=O) groups is 2. The van der Waals surface area contributed by atoms with Crippen LogP contribution in [0.25, 0.3) is 0 Å². The number of benzene rings is 2. The molecule has 1 N–H and O–H groups in total. The van der Waals surface area contributed by atoms with Gasteiger partial charge in [0.1, 0.15) is 17.3 Å². The lowest BCUT2D eigenvalue weighted by molar-refractivity contribution is -0.383. The lowest BCUT2D eigenvalue weighted by Gasteiger charge is -2.08. The van der Waals surface area contributed by atoms with E-state index < -0.39 is 33.6 Å². The zero-order valence-electron chi connectivity index (χ0n) is 10.9. The van der Waals surface area contributed by atoms with Crippen LogP contribution in [-0.4, -0.2) is 17.1 Å². The monoisotopic (exact) mass is 306 g/mol. The molecule has 8 heteroatoms. The normalized spacial score (nSPS) is 10.1. The van der Waals surface area contributed by atoms with Gasteiger partial charge in [-0.15, -0.1) is 0 Å². The number of aldehydes is 1. The fourth-order valence-electron chi connectivity index (χ4n) is 1.78. The Hall–Kier alpha value is -3.16. The third-order valence-corrected chi connectivity index (χ3v) is 2.84. The highest BCUT2D eigenvalue weighted by molar-refractivity contribution is 6.06. The van der Waals surface area contributed by atoms with E-state index in [4.69, 9.17) is 0 Å². The predicted molar refractivity (Wildman–Crippen MR) is 72.8 cm³/mol. The predicted octanol–water partition coefficient (Wildman–Crippen LogP) is 2.94. The minimum Gasteiger partial charge on any atom is -0.316 e. The van der Waals surface area contributed by atoms with Gasteiger partial charge in [-0.2, -0.15) is 0 Å². The van der Waals surface area contributed by atoms with Gasteiger partial charge >= 0.3 is 0 Å². The van der Waals surface area contributed by atoms with Crippen LogP contribution in [0, 0.1) is 21.7 Å². The maximum Gasteiger partial charge on any atom is 0.292 e. The third-order valence-electron chi connectivity index (χ3n) is 2.84. The average molecular weight is 306 g/mol. The van der Waals surface area contributed by atoms with Crippen LogP contribution in [0.2, 0.25) is 0 Å². The van der Waals surface area contributed by atoms with E-state index >= 15 is 0 Å². The molecule has 0 bridgehead atoms. The van der Waals surface area contributed by atoms with Gasteiger partial charge in [0.15, 0.2) is 6.29 Å². The van der Waals surface area contributed by atoms with E-state index in [-0.39, 0.29) is 17.7 Å². The number of nitro benzene ring substituents is 1. The molecule has 2 rings (SSSR count). The second-order valence-corrected chi connectivity index (χ2v) is 4.17. The van der Waals surface area contributed by atoms with Crippen molar-refractivity contribution in [2.24, 2.45) is 0 Å². The highest BCUT2D eigenvalue weighted by Crippen LogP contribution is 2.24. The highest BCUT2D eigenvalue weighted by atomic mass is 19.1. The van der Waals surface area contributed by atoms with Gasteiger partial charge in [0.2, 0.25) is 0 Å². The summed E-state index contributed by atoms with van der Waals surface area (Å²) in [7, 11) is 0. The zero-order chi connectivity index (χ0) is 16.3. The topological polar surface area (TPSA) is 89.3 Å². The first-order chi connectivity index (χ1) is 10.5. The van der Waals surface area contributed by atoms with E-state index in [9.17, 15) is 28.5 Å². The van der Waals surface area contributed by atoms with E-state index in [1.54, 1.807) is 0 Å². The Morgan fingerprint density at radius 3 is 2.50 bits per heavy atom. The molecule has 112 valence electrons. The summed E-state index contributed by atoms with van der Waals surface area (Å²) < 4.78 is 27.1. The summed E-state index contributed by atoms with van der Waals surface area (Å²) in [4.78, 5) is 32.7. The number of nitrogens with zero attached hydrogens (tertiary/aromatic N) is 1. The summed E-state index contributed by atoms with van der Waals surface area (Å²) in [6.45, 7) is 0. The van der Waals surface area contributed by atoms with E-state index in [0.717, 1.165) is 18.2 Å². The standard InChI is InChI=1S/C14H8F2N2O4/c15-10-6-5-8(13(16)9(10)7-19)14(20)17-11-3-1-2-4-12(11)18(21)22/h1-7H,(H,17,20). The van der Waals surface area contributed by atoms with Crippen molar-refractivity contribution in [1.82, 2.24) is 0 Å². The van der Waals surface area contributed by atoms with Gasteiger partial charge < -0.3 is 5.32 Å². The Balaban J connectivity index is 2.39. The number of rotatable bonds is 4. The van der Waals surface area contributed by atoms with Gasteiger partial charge in [-0.3, -0.25) is 19.7 Å². The zero-order valence-corrected chi connectivity index (χ0v) is 10.9. The molecule has 0 spiro atoms. The molecular weight excluding hydrogens is 298 g/mol. The summed E-state index contributed by atoms with van der Waals surface area (Å²) in [5, 5.41) is 13.0. The number of halogens is 2. The molecule has 1 amide bonds. The fourth-order valence-corrected chi connectivity index (χ4v) is 1.78. The lowest BCUT2D eigenvalue weighted by Crippen LogP contribution is -2.16. The van der Waals surface area contributed by atoms with E-state index in [1.165, 1.54) is 18.2 Å². The maximum absolute atomic E-state index is 13.9. The van der Waals surface area contributed by atoms with Crippen LogP contribution < -0.4 is 5.32 Å². The Labute approximate surface area is 122 Å². The first-order valence-electron chi connectivity index (χ1n) is 5.93. The first-order valence-corrected chi connectivity index (χ1v) is 5.93. The molecule has 0 heterocycles. The van der Waals surface area contributed by atoms with Crippen LogP contribution in [0.3, 0.4) is 0 Å². The van der Waals surface area contributed by atoms with Crippen molar-refractivity contribution in [3.8, 4) is 0 Å². The molecule has 0 aliphatic rings. The Morgan fingerprint density at radius 1 is 1.18 bits per heavy atom. The van der Waals surface area contributed by atoms with E-state index in [1.807, 2.05) is 0 Å². The molecule has 0 unspecified atom stereocenters. The molecule has 0 radical (unpaired) electrons. The van der Waals surface area contributed by atoms with Crippen LogP contribution >= 0.6 is 0 Å².